The summed E-state index contributed by atoms with van der Waals surface area (Å²) in [6.07, 6.45) is 1.55. The van der Waals surface area contributed by atoms with Crippen LogP contribution in [0.2, 0.25) is 0 Å². The highest BCUT2D eigenvalue weighted by Crippen LogP contribution is 2.21. The van der Waals surface area contributed by atoms with Crippen molar-refractivity contribution in [2.24, 2.45) is 0 Å². The third-order valence-corrected chi connectivity index (χ3v) is 2.64. The van der Waals surface area contributed by atoms with Crippen LogP contribution in [-0.4, -0.2) is 17.0 Å². The second-order valence-electron chi connectivity index (χ2n) is 3.94. The lowest BCUT2D eigenvalue weighted by molar-refractivity contribution is 1.12. The highest BCUT2D eigenvalue weighted by atomic mass is 15.1. The van der Waals surface area contributed by atoms with Crippen LogP contribution < -0.4 is 10.6 Å². The molecule has 1 heterocycles. The fraction of sp³-hybridized carbons (Fsp3) is 0.231. The average molecular weight is 228 g/mol. The Balaban J connectivity index is 2.27. The van der Waals surface area contributed by atoms with Crippen molar-refractivity contribution in [3.8, 4) is 0 Å². The van der Waals surface area contributed by atoms with Crippen molar-refractivity contribution in [2.75, 3.05) is 17.7 Å². The molecule has 0 aliphatic rings. The number of hydrogen-bond acceptors (Lipinski definition) is 4. The van der Waals surface area contributed by atoms with Crippen LogP contribution in [0.25, 0.3) is 0 Å². The van der Waals surface area contributed by atoms with Gasteiger partial charge in [0.15, 0.2) is 0 Å². The first-order chi connectivity index (χ1) is 8.20. The fourth-order valence-corrected chi connectivity index (χ4v) is 1.60. The maximum atomic E-state index is 4.24. The molecule has 88 valence electrons. The molecule has 0 saturated carbocycles. The molecule has 0 amide bonds. The molecule has 0 radical (unpaired) electrons. The van der Waals surface area contributed by atoms with E-state index in [-0.39, 0.29) is 0 Å². The fourth-order valence-electron chi connectivity index (χ4n) is 1.60. The quantitative estimate of drug-likeness (QED) is 0.848. The number of anilines is 3. The third-order valence-electron chi connectivity index (χ3n) is 2.64. The zero-order valence-corrected chi connectivity index (χ0v) is 10.3. The van der Waals surface area contributed by atoms with E-state index in [1.165, 1.54) is 5.56 Å². The van der Waals surface area contributed by atoms with Crippen molar-refractivity contribution < 1.29 is 0 Å². The Kier molecular flexibility index (Phi) is 3.23. The second kappa shape index (κ2) is 4.82. The number of benzene rings is 1. The van der Waals surface area contributed by atoms with Gasteiger partial charge in [0.1, 0.15) is 18.0 Å². The standard InChI is InChI=1S/C13H16N4/c1-9-4-6-11(7-5-9)17-13-10(2)12(14-3)15-8-16-13/h4-8H,1-3H3,(H2,14,15,16,17). The van der Waals surface area contributed by atoms with Gasteiger partial charge in [-0.1, -0.05) is 17.7 Å². The van der Waals surface area contributed by atoms with E-state index in [9.17, 15) is 0 Å². The number of hydrogen-bond donors (Lipinski definition) is 2. The number of nitrogens with zero attached hydrogens (tertiary/aromatic N) is 2. The van der Waals surface area contributed by atoms with Gasteiger partial charge in [-0.2, -0.15) is 0 Å². The van der Waals surface area contributed by atoms with Gasteiger partial charge < -0.3 is 10.6 Å². The minimum absolute atomic E-state index is 0.827. The molecule has 1 aromatic heterocycles. The Labute approximate surface area is 101 Å². The Hall–Kier alpha value is -2.10. The zero-order chi connectivity index (χ0) is 12.3. The molecular weight excluding hydrogens is 212 g/mol. The summed E-state index contributed by atoms with van der Waals surface area (Å²) >= 11 is 0. The smallest absolute Gasteiger partial charge is 0.138 e. The molecule has 4 heteroatoms. The van der Waals surface area contributed by atoms with Gasteiger partial charge in [-0.15, -0.1) is 0 Å². The maximum absolute atomic E-state index is 4.24. The third kappa shape index (κ3) is 2.53. The molecule has 2 rings (SSSR count). The van der Waals surface area contributed by atoms with Crippen LogP contribution >= 0.6 is 0 Å². The summed E-state index contributed by atoms with van der Waals surface area (Å²) in [6, 6.07) is 8.21. The van der Waals surface area contributed by atoms with Crippen molar-refractivity contribution in [1.29, 1.82) is 0 Å². The monoisotopic (exact) mass is 228 g/mol. The second-order valence-corrected chi connectivity index (χ2v) is 3.94. The SMILES string of the molecule is CNc1ncnc(Nc2ccc(C)cc2)c1C. The Morgan fingerprint density at radius 1 is 0.941 bits per heavy atom. The number of aromatic nitrogens is 2. The molecule has 0 aliphatic carbocycles. The van der Waals surface area contributed by atoms with Crippen molar-refractivity contribution in [3.05, 3.63) is 41.7 Å². The van der Waals surface area contributed by atoms with Gasteiger partial charge >= 0.3 is 0 Å². The predicted molar refractivity (Wildman–Crippen MR) is 70.8 cm³/mol. The highest BCUT2D eigenvalue weighted by Gasteiger charge is 2.05. The highest BCUT2D eigenvalue weighted by molar-refractivity contribution is 5.64. The first-order valence-electron chi connectivity index (χ1n) is 5.53. The van der Waals surface area contributed by atoms with E-state index in [1.54, 1.807) is 6.33 Å². The molecule has 0 saturated heterocycles. The van der Waals surface area contributed by atoms with Gasteiger partial charge in [0.25, 0.3) is 0 Å². The molecule has 0 atom stereocenters. The summed E-state index contributed by atoms with van der Waals surface area (Å²) in [5.41, 5.74) is 3.28. The van der Waals surface area contributed by atoms with Crippen molar-refractivity contribution in [3.63, 3.8) is 0 Å². The van der Waals surface area contributed by atoms with Gasteiger partial charge in [0.2, 0.25) is 0 Å². The van der Waals surface area contributed by atoms with Crippen LogP contribution in [0.15, 0.2) is 30.6 Å². The summed E-state index contributed by atoms with van der Waals surface area (Å²) in [7, 11) is 1.85. The van der Waals surface area contributed by atoms with E-state index in [0.29, 0.717) is 0 Å². The molecule has 0 spiro atoms. The molecule has 17 heavy (non-hydrogen) atoms. The van der Waals surface area contributed by atoms with Crippen molar-refractivity contribution >= 4 is 17.3 Å². The Morgan fingerprint density at radius 3 is 2.24 bits per heavy atom. The first-order valence-corrected chi connectivity index (χ1v) is 5.53. The minimum atomic E-state index is 0.827. The maximum Gasteiger partial charge on any atom is 0.138 e. The first kappa shape index (κ1) is 11.4. The van der Waals surface area contributed by atoms with Crippen LogP contribution in [0, 0.1) is 13.8 Å². The van der Waals surface area contributed by atoms with Gasteiger partial charge in [-0.25, -0.2) is 9.97 Å². The largest absolute Gasteiger partial charge is 0.373 e. The molecule has 0 fully saturated rings. The molecule has 0 unspecified atom stereocenters. The topological polar surface area (TPSA) is 49.8 Å². The average Bonchev–Trinajstić information content (AvgIpc) is 2.35. The lowest BCUT2D eigenvalue weighted by Gasteiger charge is -2.11. The number of rotatable bonds is 3. The zero-order valence-electron chi connectivity index (χ0n) is 10.3. The molecular formula is C13H16N4. The van der Waals surface area contributed by atoms with Crippen molar-refractivity contribution in [1.82, 2.24) is 9.97 Å². The van der Waals surface area contributed by atoms with E-state index in [0.717, 1.165) is 22.9 Å². The van der Waals surface area contributed by atoms with Crippen LogP contribution in [0.4, 0.5) is 17.3 Å². The summed E-state index contributed by atoms with van der Waals surface area (Å²) in [5, 5.41) is 6.32. The van der Waals surface area contributed by atoms with Crippen molar-refractivity contribution in [2.45, 2.75) is 13.8 Å². The Bertz CT molecular complexity index is 505. The molecule has 4 nitrogen and oxygen atoms in total. The van der Waals surface area contributed by atoms with E-state index >= 15 is 0 Å². The Morgan fingerprint density at radius 2 is 1.59 bits per heavy atom. The number of aryl methyl sites for hydroxylation is 1. The van der Waals surface area contributed by atoms with Gasteiger partial charge in [-0.05, 0) is 26.0 Å². The van der Waals surface area contributed by atoms with E-state index < -0.39 is 0 Å². The normalized spacial score (nSPS) is 10.1. The molecule has 0 aliphatic heterocycles. The van der Waals surface area contributed by atoms with E-state index in [4.69, 9.17) is 0 Å². The van der Waals surface area contributed by atoms with Crippen LogP contribution in [0.1, 0.15) is 11.1 Å². The molecule has 0 bridgehead atoms. The summed E-state index contributed by atoms with van der Waals surface area (Å²) in [4.78, 5) is 8.39. The lowest BCUT2D eigenvalue weighted by atomic mass is 10.2. The van der Waals surface area contributed by atoms with E-state index in [2.05, 4.69) is 39.7 Å². The number of nitrogens with one attached hydrogen (secondary N) is 2. The minimum Gasteiger partial charge on any atom is -0.373 e. The van der Waals surface area contributed by atoms with Crippen LogP contribution in [0.3, 0.4) is 0 Å². The van der Waals surface area contributed by atoms with Gasteiger partial charge in [0.05, 0.1) is 0 Å². The van der Waals surface area contributed by atoms with Crippen LogP contribution in [0.5, 0.6) is 0 Å². The predicted octanol–water partition coefficient (Wildman–Crippen LogP) is 2.88. The van der Waals surface area contributed by atoms with Crippen LogP contribution in [-0.2, 0) is 0 Å². The summed E-state index contributed by atoms with van der Waals surface area (Å²) in [6.45, 7) is 4.06. The lowest BCUT2D eigenvalue weighted by Crippen LogP contribution is -2.02. The molecule has 2 N–H and O–H groups in total. The summed E-state index contributed by atoms with van der Waals surface area (Å²) < 4.78 is 0. The molecule has 1 aromatic carbocycles. The summed E-state index contributed by atoms with van der Waals surface area (Å²) in [5.74, 6) is 1.67. The molecule has 2 aromatic rings. The van der Waals surface area contributed by atoms with Gasteiger partial charge in [0, 0.05) is 18.3 Å². The van der Waals surface area contributed by atoms with Gasteiger partial charge in [-0.3, -0.25) is 0 Å². The van der Waals surface area contributed by atoms with E-state index in [1.807, 2.05) is 26.1 Å².